The van der Waals surface area contributed by atoms with Crippen LogP contribution < -0.4 is 5.73 Å². The van der Waals surface area contributed by atoms with E-state index in [9.17, 15) is 14.4 Å². The molecule has 1 heterocycles. The number of hydrogen-bond acceptors (Lipinski definition) is 5. The number of carbonyl (C=O) groups is 3. The molecule has 130 valence electrons. The van der Waals surface area contributed by atoms with Gasteiger partial charge in [-0.3, -0.25) is 9.69 Å². The summed E-state index contributed by atoms with van der Waals surface area (Å²) in [6, 6.07) is -0.913. The number of amides is 2. The van der Waals surface area contributed by atoms with Gasteiger partial charge < -0.3 is 15.2 Å². The number of esters is 1. The highest BCUT2D eigenvalue weighted by Gasteiger charge is 2.50. The van der Waals surface area contributed by atoms with Gasteiger partial charge >= 0.3 is 12.1 Å². The Morgan fingerprint density at radius 2 is 1.87 bits per heavy atom. The summed E-state index contributed by atoms with van der Waals surface area (Å²) in [4.78, 5) is 37.3. The molecule has 1 rings (SSSR count). The molecule has 0 radical (unpaired) electrons. The van der Waals surface area contributed by atoms with Crippen molar-refractivity contribution >= 4 is 18.0 Å². The third-order valence-corrected chi connectivity index (χ3v) is 3.79. The van der Waals surface area contributed by atoms with Gasteiger partial charge in [0.25, 0.3) is 0 Å². The molecular weight excluding hydrogens is 300 g/mol. The number of nitrogens with zero attached hydrogens (tertiary/aromatic N) is 1. The first-order chi connectivity index (χ1) is 10.5. The molecule has 2 amide bonds. The van der Waals surface area contributed by atoms with Crippen LogP contribution in [0.2, 0.25) is 0 Å². The van der Waals surface area contributed by atoms with E-state index in [1.807, 2.05) is 0 Å². The Bertz CT molecular complexity index is 509. The van der Waals surface area contributed by atoms with E-state index >= 15 is 0 Å². The molecule has 2 N–H and O–H groups in total. The van der Waals surface area contributed by atoms with E-state index in [0.717, 1.165) is 5.57 Å². The maximum Gasteiger partial charge on any atom is 0.411 e. The standard InChI is InChI=1S/C16H26N2O5/c1-9(2)11-8-18(15(21)23-16(3,4)5)13(14(20)22-6)10(11)7-12(17)19/h10-11,13H,1,7-8H2,2-6H3,(H2,17,19)/t10-,11+,13-/m0/s1. The Labute approximate surface area is 136 Å². The number of carbonyl (C=O) groups excluding carboxylic acids is 3. The summed E-state index contributed by atoms with van der Waals surface area (Å²) in [5.74, 6) is -1.82. The lowest BCUT2D eigenvalue weighted by molar-refractivity contribution is -0.147. The van der Waals surface area contributed by atoms with Crippen molar-refractivity contribution in [1.29, 1.82) is 0 Å². The minimum Gasteiger partial charge on any atom is -0.467 e. The van der Waals surface area contributed by atoms with Crippen LogP contribution in [-0.4, -0.2) is 48.2 Å². The minimum absolute atomic E-state index is 0.0312. The van der Waals surface area contributed by atoms with Gasteiger partial charge in [0.05, 0.1) is 7.11 Å². The maximum atomic E-state index is 12.4. The van der Waals surface area contributed by atoms with Crippen LogP contribution in [0.15, 0.2) is 12.2 Å². The molecule has 0 aromatic carbocycles. The second-order valence-electron chi connectivity index (χ2n) is 6.89. The van der Waals surface area contributed by atoms with Crippen molar-refractivity contribution in [3.05, 3.63) is 12.2 Å². The average molecular weight is 326 g/mol. The van der Waals surface area contributed by atoms with Crippen molar-refractivity contribution in [3.8, 4) is 0 Å². The molecule has 0 spiro atoms. The molecule has 7 nitrogen and oxygen atoms in total. The first-order valence-electron chi connectivity index (χ1n) is 7.49. The van der Waals surface area contributed by atoms with E-state index in [0.29, 0.717) is 0 Å². The number of ether oxygens (including phenoxy) is 2. The molecule has 0 bridgehead atoms. The van der Waals surface area contributed by atoms with E-state index in [1.54, 1.807) is 27.7 Å². The van der Waals surface area contributed by atoms with Crippen molar-refractivity contribution in [2.75, 3.05) is 13.7 Å². The predicted molar refractivity (Wildman–Crippen MR) is 84.3 cm³/mol. The zero-order chi connectivity index (χ0) is 17.9. The van der Waals surface area contributed by atoms with Crippen LogP contribution in [0.5, 0.6) is 0 Å². The lowest BCUT2D eigenvalue weighted by Crippen LogP contribution is -2.46. The highest BCUT2D eigenvalue weighted by atomic mass is 16.6. The van der Waals surface area contributed by atoms with Crippen LogP contribution in [0.4, 0.5) is 4.79 Å². The molecule has 23 heavy (non-hydrogen) atoms. The normalized spacial score (nSPS) is 24.2. The summed E-state index contributed by atoms with van der Waals surface area (Å²) >= 11 is 0. The third kappa shape index (κ3) is 4.71. The lowest BCUT2D eigenvalue weighted by atomic mass is 9.83. The van der Waals surface area contributed by atoms with Crippen LogP contribution in [0.1, 0.15) is 34.1 Å². The Balaban J connectivity index is 3.17. The lowest BCUT2D eigenvalue weighted by Gasteiger charge is -2.28. The molecule has 1 aliphatic rings. The number of hydrogen-bond donors (Lipinski definition) is 1. The molecule has 7 heteroatoms. The van der Waals surface area contributed by atoms with Crippen LogP contribution in [0.3, 0.4) is 0 Å². The van der Waals surface area contributed by atoms with E-state index in [4.69, 9.17) is 15.2 Å². The van der Waals surface area contributed by atoms with E-state index in [-0.39, 0.29) is 18.9 Å². The van der Waals surface area contributed by atoms with Gasteiger partial charge in [0.1, 0.15) is 11.6 Å². The second-order valence-corrected chi connectivity index (χ2v) is 6.89. The van der Waals surface area contributed by atoms with Gasteiger partial charge in [0.2, 0.25) is 5.91 Å². The summed E-state index contributed by atoms with van der Waals surface area (Å²) in [5.41, 5.74) is 5.38. The predicted octanol–water partition coefficient (Wildman–Crippen LogP) is 1.46. The Hall–Kier alpha value is -2.05. The van der Waals surface area contributed by atoms with Crippen LogP contribution in [0.25, 0.3) is 0 Å². The van der Waals surface area contributed by atoms with Crippen molar-refractivity contribution in [1.82, 2.24) is 4.90 Å². The Kier molecular flexibility index (Phi) is 5.80. The fourth-order valence-electron chi connectivity index (χ4n) is 2.85. The number of likely N-dealkylation sites (tertiary alicyclic amines) is 1. The van der Waals surface area contributed by atoms with Gasteiger partial charge in [0, 0.05) is 24.8 Å². The summed E-state index contributed by atoms with van der Waals surface area (Å²) in [5, 5.41) is 0. The van der Waals surface area contributed by atoms with Crippen molar-refractivity contribution < 1.29 is 23.9 Å². The summed E-state index contributed by atoms with van der Waals surface area (Å²) in [6.07, 6.45) is -0.650. The number of rotatable bonds is 4. The van der Waals surface area contributed by atoms with Gasteiger partial charge in [-0.2, -0.15) is 0 Å². The molecule has 1 aliphatic heterocycles. The monoisotopic (exact) mass is 326 g/mol. The highest BCUT2D eigenvalue weighted by molar-refractivity contribution is 5.84. The molecule has 0 unspecified atom stereocenters. The third-order valence-electron chi connectivity index (χ3n) is 3.79. The molecule has 0 aliphatic carbocycles. The Morgan fingerprint density at radius 3 is 2.26 bits per heavy atom. The van der Waals surface area contributed by atoms with E-state index in [1.165, 1.54) is 12.0 Å². The SMILES string of the molecule is C=C(C)[C@H]1CN(C(=O)OC(C)(C)C)[C@H](C(=O)OC)[C@H]1CC(N)=O. The van der Waals surface area contributed by atoms with Gasteiger partial charge in [-0.05, 0) is 27.7 Å². The summed E-state index contributed by atoms with van der Waals surface area (Å²) in [6.45, 7) is 11.2. The quantitative estimate of drug-likeness (QED) is 0.623. The van der Waals surface area contributed by atoms with Crippen LogP contribution in [-0.2, 0) is 19.1 Å². The van der Waals surface area contributed by atoms with Crippen molar-refractivity contribution in [2.45, 2.75) is 45.8 Å². The average Bonchev–Trinajstić information content (AvgIpc) is 2.74. The van der Waals surface area contributed by atoms with Gasteiger partial charge in [0.15, 0.2) is 0 Å². The highest BCUT2D eigenvalue weighted by Crippen LogP contribution is 2.37. The van der Waals surface area contributed by atoms with Crippen LogP contribution >= 0.6 is 0 Å². The molecule has 3 atom stereocenters. The summed E-state index contributed by atoms with van der Waals surface area (Å²) < 4.78 is 10.2. The van der Waals surface area contributed by atoms with Crippen molar-refractivity contribution in [3.63, 3.8) is 0 Å². The van der Waals surface area contributed by atoms with Gasteiger partial charge in [-0.15, -0.1) is 0 Å². The molecule has 0 saturated carbocycles. The fraction of sp³-hybridized carbons (Fsp3) is 0.688. The zero-order valence-electron chi connectivity index (χ0n) is 14.4. The minimum atomic E-state index is -0.913. The Morgan fingerprint density at radius 1 is 1.30 bits per heavy atom. The topological polar surface area (TPSA) is 98.9 Å². The second kappa shape index (κ2) is 7.02. The van der Waals surface area contributed by atoms with Gasteiger partial charge in [-0.1, -0.05) is 12.2 Å². The number of methoxy groups -OCH3 is 1. The first kappa shape index (κ1) is 19.0. The fourth-order valence-corrected chi connectivity index (χ4v) is 2.85. The first-order valence-corrected chi connectivity index (χ1v) is 7.49. The van der Waals surface area contributed by atoms with E-state index in [2.05, 4.69) is 6.58 Å². The molecule has 1 fully saturated rings. The van der Waals surface area contributed by atoms with Crippen LogP contribution in [0, 0.1) is 11.8 Å². The zero-order valence-corrected chi connectivity index (χ0v) is 14.4. The maximum absolute atomic E-state index is 12.4. The number of primary amides is 1. The number of nitrogens with two attached hydrogens (primary N) is 1. The molecule has 0 aromatic heterocycles. The van der Waals surface area contributed by atoms with Gasteiger partial charge in [-0.25, -0.2) is 9.59 Å². The van der Waals surface area contributed by atoms with Crippen molar-refractivity contribution in [2.24, 2.45) is 17.6 Å². The summed E-state index contributed by atoms with van der Waals surface area (Å²) in [7, 11) is 1.24. The smallest absolute Gasteiger partial charge is 0.411 e. The largest absolute Gasteiger partial charge is 0.467 e. The molecular formula is C16H26N2O5. The van der Waals surface area contributed by atoms with E-state index < -0.39 is 35.5 Å². The molecule has 1 saturated heterocycles. The molecule has 0 aromatic rings.